The summed E-state index contributed by atoms with van der Waals surface area (Å²) in [7, 11) is 1.39. The minimum Gasteiger partial charge on any atom is -0.508 e. The van der Waals surface area contributed by atoms with Crippen LogP contribution < -0.4 is 0 Å². The molecule has 0 saturated heterocycles. The Morgan fingerprint density at radius 3 is 2.32 bits per heavy atom. The first kappa shape index (κ1) is 18.1. The van der Waals surface area contributed by atoms with Gasteiger partial charge in [0.05, 0.1) is 26.2 Å². The number of phenolic OH excluding ortho intramolecular Hbond substituents is 1. The molecule has 2 N–H and O–H groups in total. The van der Waals surface area contributed by atoms with Crippen molar-refractivity contribution in [2.24, 2.45) is 0 Å². The Morgan fingerprint density at radius 1 is 1.00 bits per heavy atom. The Kier molecular flexibility index (Phi) is 6.17. The van der Waals surface area contributed by atoms with Crippen LogP contribution in [-0.4, -0.2) is 29.3 Å². The second-order valence-corrected chi connectivity index (χ2v) is 5.28. The van der Waals surface area contributed by atoms with E-state index in [4.69, 9.17) is 14.6 Å². The Balaban J connectivity index is 0.000000186. The van der Waals surface area contributed by atoms with E-state index >= 15 is 0 Å². The molecular formula is C19H18O6. The van der Waals surface area contributed by atoms with E-state index in [2.05, 4.69) is 4.74 Å². The summed E-state index contributed by atoms with van der Waals surface area (Å²) in [5.41, 5.74) is 2.46. The zero-order chi connectivity index (χ0) is 18.2. The van der Waals surface area contributed by atoms with Crippen LogP contribution in [0.3, 0.4) is 0 Å². The molecular weight excluding hydrogens is 324 g/mol. The maximum Gasteiger partial charge on any atom is 0.309 e. The topological polar surface area (TPSA) is 97.0 Å². The molecule has 0 amide bonds. The molecule has 0 unspecified atom stereocenters. The summed E-state index contributed by atoms with van der Waals surface area (Å²) in [6.45, 7) is 0. The van der Waals surface area contributed by atoms with Crippen LogP contribution in [0, 0.1) is 0 Å². The van der Waals surface area contributed by atoms with Crippen molar-refractivity contribution in [1.29, 1.82) is 0 Å². The van der Waals surface area contributed by atoms with E-state index in [0.717, 1.165) is 16.5 Å². The van der Waals surface area contributed by atoms with Crippen LogP contribution in [0.25, 0.3) is 11.0 Å². The smallest absolute Gasteiger partial charge is 0.309 e. The molecule has 0 aliphatic carbocycles. The fourth-order valence-electron chi connectivity index (χ4n) is 2.15. The highest BCUT2D eigenvalue weighted by Gasteiger charge is 2.04. The molecule has 6 heteroatoms. The minimum atomic E-state index is -0.865. The number of fused-ring (bicyclic) bond motifs is 1. The third-order valence-electron chi connectivity index (χ3n) is 3.38. The highest BCUT2D eigenvalue weighted by atomic mass is 16.5. The van der Waals surface area contributed by atoms with Crippen LogP contribution in [0.2, 0.25) is 0 Å². The molecule has 1 heterocycles. The van der Waals surface area contributed by atoms with Crippen LogP contribution in [0.1, 0.15) is 11.1 Å². The summed E-state index contributed by atoms with van der Waals surface area (Å²) in [5.74, 6) is -0.942. The second kappa shape index (κ2) is 8.54. The normalized spacial score (nSPS) is 9.96. The van der Waals surface area contributed by atoms with Gasteiger partial charge in [0.2, 0.25) is 0 Å². The molecule has 0 spiro atoms. The summed E-state index contributed by atoms with van der Waals surface area (Å²) in [6.07, 6.45) is 1.94. The van der Waals surface area contributed by atoms with Crippen molar-refractivity contribution in [1.82, 2.24) is 0 Å². The zero-order valence-corrected chi connectivity index (χ0v) is 13.6. The number of rotatable bonds is 4. The molecule has 130 valence electrons. The lowest BCUT2D eigenvalue weighted by Crippen LogP contribution is -2.03. The Morgan fingerprint density at radius 2 is 1.68 bits per heavy atom. The van der Waals surface area contributed by atoms with Gasteiger partial charge in [-0.2, -0.15) is 0 Å². The lowest BCUT2D eigenvalue weighted by atomic mass is 10.1. The largest absolute Gasteiger partial charge is 0.508 e. The molecule has 0 saturated carbocycles. The quantitative estimate of drug-likeness (QED) is 0.707. The minimum absolute atomic E-state index is 0.000278. The number of hydrogen-bond donors (Lipinski definition) is 2. The fourth-order valence-corrected chi connectivity index (χ4v) is 2.15. The van der Waals surface area contributed by atoms with Gasteiger partial charge >= 0.3 is 11.9 Å². The maximum absolute atomic E-state index is 11.0. The molecule has 0 radical (unpaired) electrons. The van der Waals surface area contributed by atoms with Gasteiger partial charge < -0.3 is 19.4 Å². The van der Waals surface area contributed by atoms with Crippen molar-refractivity contribution in [3.63, 3.8) is 0 Å². The number of benzene rings is 2. The fraction of sp³-hybridized carbons (Fsp3) is 0.158. The predicted octanol–water partition coefficient (Wildman–Crippen LogP) is 3.17. The van der Waals surface area contributed by atoms with E-state index in [1.165, 1.54) is 19.2 Å². The zero-order valence-electron chi connectivity index (χ0n) is 13.6. The number of methoxy groups -OCH3 is 1. The van der Waals surface area contributed by atoms with Gasteiger partial charge in [0.25, 0.3) is 0 Å². The Hall–Kier alpha value is -3.28. The van der Waals surface area contributed by atoms with Gasteiger partial charge in [-0.25, -0.2) is 0 Å². The number of esters is 1. The van der Waals surface area contributed by atoms with E-state index in [1.54, 1.807) is 18.4 Å². The third-order valence-corrected chi connectivity index (χ3v) is 3.38. The summed E-state index contributed by atoms with van der Waals surface area (Å²) in [6, 6.07) is 13.6. The summed E-state index contributed by atoms with van der Waals surface area (Å²) in [4.78, 5) is 21.2. The number of ether oxygens (including phenoxy) is 1. The Bertz CT molecular complexity index is 848. The van der Waals surface area contributed by atoms with Crippen molar-refractivity contribution < 1.29 is 29.0 Å². The number of aliphatic carboxylic acids is 1. The average molecular weight is 342 g/mol. The van der Waals surface area contributed by atoms with Crippen LogP contribution in [0.15, 0.2) is 59.2 Å². The highest BCUT2D eigenvalue weighted by molar-refractivity contribution is 5.80. The van der Waals surface area contributed by atoms with Crippen molar-refractivity contribution >= 4 is 22.9 Å². The number of carbonyl (C=O) groups is 2. The van der Waals surface area contributed by atoms with Crippen LogP contribution in [-0.2, 0) is 27.2 Å². The molecule has 0 aliphatic rings. The molecule has 3 aromatic rings. The lowest BCUT2D eigenvalue weighted by molar-refractivity contribution is -0.140. The SMILES string of the molecule is COC(=O)Cc1ccc2occc2c1.O=C(O)Cc1ccc(O)cc1. The van der Waals surface area contributed by atoms with E-state index in [9.17, 15) is 9.59 Å². The number of aromatic hydroxyl groups is 1. The molecule has 6 nitrogen and oxygen atoms in total. The number of furan rings is 1. The van der Waals surface area contributed by atoms with Gasteiger partial charge in [0.15, 0.2) is 0 Å². The van der Waals surface area contributed by atoms with Crippen LogP contribution in [0.4, 0.5) is 0 Å². The summed E-state index contributed by atoms with van der Waals surface area (Å²) < 4.78 is 9.77. The third kappa shape index (κ3) is 5.69. The number of carboxylic acids is 1. The van der Waals surface area contributed by atoms with Crippen molar-refractivity contribution in [3.8, 4) is 5.75 Å². The van der Waals surface area contributed by atoms with Crippen LogP contribution in [0.5, 0.6) is 5.75 Å². The van der Waals surface area contributed by atoms with Gasteiger partial charge in [0.1, 0.15) is 11.3 Å². The molecule has 0 atom stereocenters. The van der Waals surface area contributed by atoms with E-state index in [-0.39, 0.29) is 18.1 Å². The maximum atomic E-state index is 11.0. The monoisotopic (exact) mass is 342 g/mol. The summed E-state index contributed by atoms with van der Waals surface area (Å²) >= 11 is 0. The molecule has 25 heavy (non-hydrogen) atoms. The van der Waals surface area contributed by atoms with E-state index < -0.39 is 5.97 Å². The second-order valence-electron chi connectivity index (χ2n) is 5.28. The molecule has 0 aliphatic heterocycles. The van der Waals surface area contributed by atoms with Gasteiger partial charge in [-0.3, -0.25) is 9.59 Å². The van der Waals surface area contributed by atoms with Crippen molar-refractivity contribution in [3.05, 3.63) is 65.9 Å². The van der Waals surface area contributed by atoms with Crippen molar-refractivity contribution in [2.45, 2.75) is 12.8 Å². The van der Waals surface area contributed by atoms with Gasteiger partial charge in [-0.15, -0.1) is 0 Å². The first-order valence-electron chi connectivity index (χ1n) is 7.50. The van der Waals surface area contributed by atoms with Gasteiger partial charge in [-0.1, -0.05) is 18.2 Å². The number of phenols is 1. The Labute approximate surface area is 144 Å². The van der Waals surface area contributed by atoms with Gasteiger partial charge in [0, 0.05) is 5.39 Å². The van der Waals surface area contributed by atoms with Gasteiger partial charge in [-0.05, 0) is 41.5 Å². The first-order valence-corrected chi connectivity index (χ1v) is 7.50. The summed E-state index contributed by atoms with van der Waals surface area (Å²) in [5, 5.41) is 18.2. The number of carbonyl (C=O) groups excluding carboxylic acids is 1. The molecule has 0 fully saturated rings. The molecule has 0 bridgehead atoms. The number of carboxylic acid groups (broad SMARTS) is 1. The predicted molar refractivity (Wildman–Crippen MR) is 91.4 cm³/mol. The first-order chi connectivity index (χ1) is 12.0. The standard InChI is InChI=1S/C11H10O3.C8H8O3/c1-13-11(12)7-8-2-3-10-9(6-8)4-5-14-10;9-7-3-1-6(2-4-7)5-8(10)11/h2-6H,7H2,1H3;1-4,9H,5H2,(H,10,11). The van der Waals surface area contributed by atoms with E-state index in [0.29, 0.717) is 12.0 Å². The molecule has 3 rings (SSSR count). The molecule has 1 aromatic heterocycles. The highest BCUT2D eigenvalue weighted by Crippen LogP contribution is 2.17. The van der Waals surface area contributed by atoms with E-state index in [1.807, 2.05) is 24.3 Å². The lowest BCUT2D eigenvalue weighted by Gasteiger charge is -1.99. The number of hydrogen-bond acceptors (Lipinski definition) is 5. The van der Waals surface area contributed by atoms with Crippen molar-refractivity contribution in [2.75, 3.05) is 7.11 Å². The van der Waals surface area contributed by atoms with Crippen LogP contribution >= 0.6 is 0 Å². The molecule has 2 aromatic carbocycles. The average Bonchev–Trinajstić information content (AvgIpc) is 3.05.